The van der Waals surface area contributed by atoms with Gasteiger partial charge in [-0.05, 0) is 0 Å². The molecule has 0 saturated carbocycles. The number of rotatable bonds is 2. The molecule has 0 aromatic rings. The first-order valence-electron chi connectivity index (χ1n) is 2.10. The van der Waals surface area contributed by atoms with Crippen LogP contribution in [0.15, 0.2) is 0 Å². The van der Waals surface area contributed by atoms with Crippen LogP contribution in [-0.4, -0.2) is 27.5 Å². The first-order valence-corrected chi connectivity index (χ1v) is 3.17. The number of aliphatic carboxylic acids is 2. The second-order valence-corrected chi connectivity index (χ2v) is 1.87. The van der Waals surface area contributed by atoms with Crippen LogP contribution in [-0.2, 0) is 9.59 Å². The van der Waals surface area contributed by atoms with Crippen LogP contribution in [0.2, 0.25) is 0 Å². The summed E-state index contributed by atoms with van der Waals surface area (Å²) in [6.45, 7) is 0. The number of hydrogen-bond acceptors (Lipinski definition) is 2. The van der Waals surface area contributed by atoms with Gasteiger partial charge in [-0.25, -0.2) is 0 Å². The van der Waals surface area contributed by atoms with E-state index >= 15 is 0 Å². The fraction of sp³-hybridized carbons (Fsp3) is 0.500. The van der Waals surface area contributed by atoms with Crippen molar-refractivity contribution in [2.75, 3.05) is 5.34 Å². The zero-order chi connectivity index (χ0) is 8.57. The largest absolute Gasteiger partial charge is 0.481 e. The highest BCUT2D eigenvalue weighted by atomic mass is 35.5. The fourth-order valence-electron chi connectivity index (χ4n) is 0.129. The SMILES string of the molecule is ClCCl.O=C(O)CC(=O)O. The minimum Gasteiger partial charge on any atom is -0.481 e. The van der Waals surface area contributed by atoms with Gasteiger partial charge in [0.25, 0.3) is 0 Å². The Hall–Kier alpha value is -0.480. The summed E-state index contributed by atoms with van der Waals surface area (Å²) >= 11 is 9.53. The van der Waals surface area contributed by atoms with Crippen molar-refractivity contribution in [3.63, 3.8) is 0 Å². The molecule has 0 radical (unpaired) electrons. The summed E-state index contributed by atoms with van der Waals surface area (Å²) < 4.78 is 0. The number of halogens is 2. The molecule has 0 saturated heterocycles. The number of alkyl halides is 2. The highest BCUT2D eigenvalue weighted by Gasteiger charge is 2.01. The van der Waals surface area contributed by atoms with Gasteiger partial charge in [-0.15, -0.1) is 23.2 Å². The second-order valence-electron chi connectivity index (χ2n) is 1.07. The molecular weight excluding hydrogens is 183 g/mol. The first-order chi connectivity index (χ1) is 4.54. The summed E-state index contributed by atoms with van der Waals surface area (Å²) in [5, 5.41) is 15.6. The Morgan fingerprint density at radius 2 is 1.30 bits per heavy atom. The molecule has 0 bridgehead atoms. The van der Waals surface area contributed by atoms with Crippen molar-refractivity contribution >= 4 is 35.1 Å². The van der Waals surface area contributed by atoms with Crippen molar-refractivity contribution in [1.29, 1.82) is 0 Å². The number of carbonyl (C=O) groups is 2. The van der Waals surface area contributed by atoms with Crippen LogP contribution in [0.1, 0.15) is 6.42 Å². The van der Waals surface area contributed by atoms with E-state index in [1.807, 2.05) is 0 Å². The third kappa shape index (κ3) is 25.8. The number of carboxylic acids is 2. The highest BCUT2D eigenvalue weighted by Crippen LogP contribution is 1.74. The summed E-state index contributed by atoms with van der Waals surface area (Å²) in [7, 11) is 0. The van der Waals surface area contributed by atoms with Gasteiger partial charge in [0.15, 0.2) is 0 Å². The molecule has 0 atom stereocenters. The van der Waals surface area contributed by atoms with Gasteiger partial charge >= 0.3 is 11.9 Å². The van der Waals surface area contributed by atoms with Gasteiger partial charge in [-0.2, -0.15) is 0 Å². The standard InChI is InChI=1S/C3H4O4.CH2Cl2/c4-2(5)1-3(6)7;2-1-3/h1H2,(H,4,5)(H,6,7);1H2. The maximum absolute atomic E-state index is 9.43. The lowest BCUT2D eigenvalue weighted by molar-refractivity contribution is -0.147. The van der Waals surface area contributed by atoms with Crippen LogP contribution < -0.4 is 0 Å². The van der Waals surface area contributed by atoms with Crippen molar-refractivity contribution < 1.29 is 19.8 Å². The average molecular weight is 189 g/mol. The molecule has 2 N–H and O–H groups in total. The van der Waals surface area contributed by atoms with Crippen molar-refractivity contribution in [3.05, 3.63) is 0 Å². The van der Waals surface area contributed by atoms with E-state index in [1.54, 1.807) is 0 Å². The van der Waals surface area contributed by atoms with Gasteiger partial charge in [0.05, 0.1) is 5.34 Å². The molecule has 0 fully saturated rings. The van der Waals surface area contributed by atoms with Crippen LogP contribution in [0.5, 0.6) is 0 Å². The molecule has 6 heteroatoms. The Kier molecular flexibility index (Phi) is 10.4. The van der Waals surface area contributed by atoms with E-state index in [-0.39, 0.29) is 5.34 Å². The van der Waals surface area contributed by atoms with Crippen LogP contribution in [0.25, 0.3) is 0 Å². The summed E-state index contributed by atoms with van der Waals surface area (Å²) in [6, 6.07) is 0. The number of carboxylic acid groups (broad SMARTS) is 2. The van der Waals surface area contributed by atoms with E-state index in [1.165, 1.54) is 0 Å². The average Bonchev–Trinajstić information content (AvgIpc) is 1.62. The Morgan fingerprint density at radius 1 is 1.10 bits per heavy atom. The molecule has 0 aromatic heterocycles. The molecule has 0 aliphatic rings. The van der Waals surface area contributed by atoms with Gasteiger partial charge in [0.1, 0.15) is 6.42 Å². The van der Waals surface area contributed by atoms with E-state index in [9.17, 15) is 9.59 Å². The third-order valence-corrected chi connectivity index (χ3v) is 0.302. The Bertz CT molecular complexity index is 102. The molecule has 0 amide bonds. The molecular formula is C4H6Cl2O4. The lowest BCUT2D eigenvalue weighted by Gasteiger charge is -1.80. The Balaban J connectivity index is 0. The molecule has 0 spiro atoms. The van der Waals surface area contributed by atoms with E-state index in [0.29, 0.717) is 0 Å². The van der Waals surface area contributed by atoms with Gasteiger partial charge < -0.3 is 10.2 Å². The third-order valence-electron chi connectivity index (χ3n) is 0.302. The van der Waals surface area contributed by atoms with Crippen LogP contribution in [0.3, 0.4) is 0 Å². The molecule has 0 heterocycles. The lowest BCUT2D eigenvalue weighted by Crippen LogP contribution is -2.03. The molecule has 0 aliphatic heterocycles. The summed E-state index contributed by atoms with van der Waals surface area (Å²) in [5.41, 5.74) is 0. The predicted molar refractivity (Wildman–Crippen MR) is 36.5 cm³/mol. The Labute approximate surface area is 67.4 Å². The maximum atomic E-state index is 9.43. The minimum atomic E-state index is -1.31. The predicted octanol–water partition coefficient (Wildman–Crippen LogP) is 0.967. The van der Waals surface area contributed by atoms with Gasteiger partial charge in [0.2, 0.25) is 0 Å². The second kappa shape index (κ2) is 8.52. The summed E-state index contributed by atoms with van der Waals surface area (Å²) in [6.07, 6.45) is -0.806. The fourth-order valence-corrected chi connectivity index (χ4v) is 0.129. The minimum absolute atomic E-state index is 0.194. The van der Waals surface area contributed by atoms with E-state index < -0.39 is 18.4 Å². The van der Waals surface area contributed by atoms with Crippen molar-refractivity contribution in [3.8, 4) is 0 Å². The van der Waals surface area contributed by atoms with Crippen molar-refractivity contribution in [2.24, 2.45) is 0 Å². The Morgan fingerprint density at radius 3 is 1.30 bits per heavy atom. The highest BCUT2D eigenvalue weighted by molar-refractivity contribution is 6.40. The quantitative estimate of drug-likeness (QED) is 0.501. The van der Waals surface area contributed by atoms with E-state index in [4.69, 9.17) is 33.4 Å². The van der Waals surface area contributed by atoms with E-state index in [0.717, 1.165) is 0 Å². The van der Waals surface area contributed by atoms with E-state index in [2.05, 4.69) is 0 Å². The van der Waals surface area contributed by atoms with Crippen LogP contribution in [0, 0.1) is 0 Å². The topological polar surface area (TPSA) is 74.6 Å². The monoisotopic (exact) mass is 188 g/mol. The molecule has 4 nitrogen and oxygen atoms in total. The lowest BCUT2D eigenvalue weighted by atomic mass is 10.5. The summed E-state index contributed by atoms with van der Waals surface area (Å²) in [4.78, 5) is 18.9. The molecule has 0 rings (SSSR count). The molecule has 10 heavy (non-hydrogen) atoms. The molecule has 0 aliphatic carbocycles. The van der Waals surface area contributed by atoms with Crippen molar-refractivity contribution in [1.82, 2.24) is 0 Å². The van der Waals surface area contributed by atoms with Crippen LogP contribution >= 0.6 is 23.2 Å². The molecule has 60 valence electrons. The zero-order valence-corrected chi connectivity index (χ0v) is 6.39. The molecule has 0 unspecified atom stereocenters. The number of hydrogen-bond donors (Lipinski definition) is 2. The van der Waals surface area contributed by atoms with Gasteiger partial charge in [0, 0.05) is 0 Å². The van der Waals surface area contributed by atoms with Gasteiger partial charge in [-0.1, -0.05) is 0 Å². The normalized spacial score (nSPS) is 7.40. The first kappa shape index (κ1) is 12.2. The smallest absolute Gasteiger partial charge is 0.314 e. The molecule has 0 aromatic carbocycles. The zero-order valence-electron chi connectivity index (χ0n) is 4.88. The summed E-state index contributed by atoms with van der Waals surface area (Å²) in [5.74, 6) is -2.62. The van der Waals surface area contributed by atoms with Gasteiger partial charge in [-0.3, -0.25) is 9.59 Å². The van der Waals surface area contributed by atoms with Crippen LogP contribution in [0.4, 0.5) is 0 Å². The maximum Gasteiger partial charge on any atom is 0.314 e. The van der Waals surface area contributed by atoms with Crippen molar-refractivity contribution in [2.45, 2.75) is 6.42 Å².